The number of rotatable bonds is 10. The fourth-order valence-corrected chi connectivity index (χ4v) is 3.07. The molecule has 1 fully saturated rings. The van der Waals surface area contributed by atoms with Crippen LogP contribution in [0.5, 0.6) is 0 Å². The fraction of sp³-hybridized carbons (Fsp3) is 0.882. The van der Waals surface area contributed by atoms with Crippen molar-refractivity contribution in [3.8, 4) is 0 Å². The molecule has 1 amide bonds. The van der Waals surface area contributed by atoms with Crippen LogP contribution in [0.15, 0.2) is 0 Å². The maximum absolute atomic E-state index is 12.2. The van der Waals surface area contributed by atoms with Crippen molar-refractivity contribution in [2.75, 3.05) is 13.1 Å². The second-order valence-electron chi connectivity index (χ2n) is 6.30. The molecule has 4 nitrogen and oxygen atoms in total. The summed E-state index contributed by atoms with van der Waals surface area (Å²) in [6.07, 6.45) is 10.9. The highest BCUT2D eigenvalue weighted by Gasteiger charge is 2.23. The molecule has 0 bridgehead atoms. The summed E-state index contributed by atoms with van der Waals surface area (Å²) in [6, 6.07) is 0. The van der Waals surface area contributed by atoms with E-state index in [0.29, 0.717) is 18.8 Å². The highest BCUT2D eigenvalue weighted by atomic mass is 16.4. The number of carboxylic acid groups (broad SMARTS) is 1. The minimum Gasteiger partial charge on any atom is -0.481 e. The van der Waals surface area contributed by atoms with Crippen molar-refractivity contribution in [1.29, 1.82) is 0 Å². The average Bonchev–Trinajstić information content (AvgIpc) is 2.48. The Morgan fingerprint density at radius 2 is 1.81 bits per heavy atom. The Morgan fingerprint density at radius 3 is 2.52 bits per heavy atom. The van der Waals surface area contributed by atoms with Crippen LogP contribution in [0.4, 0.5) is 0 Å². The molecule has 1 aliphatic heterocycles. The number of hydrogen-bond donors (Lipinski definition) is 1. The van der Waals surface area contributed by atoms with Crippen molar-refractivity contribution in [1.82, 2.24) is 4.90 Å². The maximum atomic E-state index is 12.2. The molecule has 1 N–H and O–H groups in total. The van der Waals surface area contributed by atoms with Gasteiger partial charge in [0.1, 0.15) is 0 Å². The zero-order valence-corrected chi connectivity index (χ0v) is 13.5. The summed E-state index contributed by atoms with van der Waals surface area (Å²) in [4.78, 5) is 24.8. The summed E-state index contributed by atoms with van der Waals surface area (Å²) in [5, 5.41) is 8.74. The van der Waals surface area contributed by atoms with Crippen LogP contribution in [0.3, 0.4) is 0 Å². The lowest BCUT2D eigenvalue weighted by atomic mass is 9.93. The van der Waals surface area contributed by atoms with Gasteiger partial charge in [-0.2, -0.15) is 0 Å². The molecule has 0 aromatic rings. The molecule has 1 heterocycles. The van der Waals surface area contributed by atoms with Crippen molar-refractivity contribution in [3.63, 3.8) is 0 Å². The largest absolute Gasteiger partial charge is 0.481 e. The number of aliphatic carboxylic acids is 1. The molecule has 0 aromatic carbocycles. The maximum Gasteiger partial charge on any atom is 0.303 e. The van der Waals surface area contributed by atoms with Crippen LogP contribution in [0.25, 0.3) is 0 Å². The van der Waals surface area contributed by atoms with Gasteiger partial charge in [0, 0.05) is 25.9 Å². The van der Waals surface area contributed by atoms with Crippen LogP contribution in [-0.4, -0.2) is 35.0 Å². The first-order valence-electron chi connectivity index (χ1n) is 8.63. The summed E-state index contributed by atoms with van der Waals surface area (Å²) in [6.45, 7) is 3.83. The van der Waals surface area contributed by atoms with E-state index in [9.17, 15) is 9.59 Å². The molecule has 0 aliphatic carbocycles. The molecule has 0 saturated carbocycles. The van der Waals surface area contributed by atoms with Gasteiger partial charge in [0.15, 0.2) is 0 Å². The number of carbonyl (C=O) groups excluding carboxylic acids is 1. The molecular formula is C17H31NO3. The highest BCUT2D eigenvalue weighted by molar-refractivity contribution is 5.76. The van der Waals surface area contributed by atoms with Crippen molar-refractivity contribution < 1.29 is 14.7 Å². The zero-order valence-electron chi connectivity index (χ0n) is 13.5. The van der Waals surface area contributed by atoms with Crippen molar-refractivity contribution in [2.24, 2.45) is 5.92 Å². The molecule has 0 spiro atoms. The average molecular weight is 297 g/mol. The predicted octanol–water partition coefficient (Wildman–Crippen LogP) is 3.84. The molecule has 0 aromatic heterocycles. The summed E-state index contributed by atoms with van der Waals surface area (Å²) in [5.41, 5.74) is 0. The van der Waals surface area contributed by atoms with E-state index in [0.717, 1.165) is 38.8 Å². The van der Waals surface area contributed by atoms with Crippen LogP contribution >= 0.6 is 0 Å². The van der Waals surface area contributed by atoms with E-state index in [1.807, 2.05) is 4.90 Å². The number of carbonyl (C=O) groups is 2. The van der Waals surface area contributed by atoms with Gasteiger partial charge in [-0.1, -0.05) is 39.0 Å². The Labute approximate surface area is 128 Å². The minimum absolute atomic E-state index is 0.226. The van der Waals surface area contributed by atoms with E-state index >= 15 is 0 Å². The minimum atomic E-state index is -0.731. The Morgan fingerprint density at radius 1 is 1.10 bits per heavy atom. The lowest BCUT2D eigenvalue weighted by Gasteiger charge is -2.32. The summed E-state index contributed by atoms with van der Waals surface area (Å²) < 4.78 is 0. The van der Waals surface area contributed by atoms with Gasteiger partial charge in [-0.25, -0.2) is 0 Å². The third kappa shape index (κ3) is 8.08. The fourth-order valence-electron chi connectivity index (χ4n) is 3.07. The number of likely N-dealkylation sites (tertiary alicyclic amines) is 1. The number of nitrogens with zero attached hydrogens (tertiary/aromatic N) is 1. The second kappa shape index (κ2) is 10.6. The van der Waals surface area contributed by atoms with Crippen LogP contribution < -0.4 is 0 Å². The second-order valence-corrected chi connectivity index (χ2v) is 6.30. The van der Waals surface area contributed by atoms with E-state index in [4.69, 9.17) is 5.11 Å². The van der Waals surface area contributed by atoms with Gasteiger partial charge in [-0.05, 0) is 31.6 Å². The first-order chi connectivity index (χ1) is 10.1. The van der Waals surface area contributed by atoms with Crippen LogP contribution in [0, 0.1) is 5.92 Å². The van der Waals surface area contributed by atoms with E-state index in [2.05, 4.69) is 6.92 Å². The highest BCUT2D eigenvalue weighted by Crippen LogP contribution is 2.22. The third-order valence-electron chi connectivity index (χ3n) is 4.38. The van der Waals surface area contributed by atoms with Crippen molar-refractivity contribution in [2.45, 2.75) is 77.6 Å². The molecule has 1 rings (SSSR count). The molecular weight excluding hydrogens is 266 g/mol. The number of amides is 1. The van der Waals surface area contributed by atoms with Crippen molar-refractivity contribution >= 4 is 11.9 Å². The SMILES string of the molecule is CCCCCCCCC(=O)N1CCCC(CCC(=O)O)C1. The van der Waals surface area contributed by atoms with Gasteiger partial charge in [0.25, 0.3) is 0 Å². The first kappa shape index (κ1) is 18.0. The molecule has 1 aliphatic rings. The van der Waals surface area contributed by atoms with Gasteiger partial charge in [0.2, 0.25) is 5.91 Å². The Hall–Kier alpha value is -1.06. The van der Waals surface area contributed by atoms with E-state index in [1.165, 1.54) is 25.7 Å². The van der Waals surface area contributed by atoms with Gasteiger partial charge in [-0.3, -0.25) is 9.59 Å². The van der Waals surface area contributed by atoms with Gasteiger partial charge in [0.05, 0.1) is 0 Å². The Bertz CT molecular complexity index is 317. The molecule has 4 heteroatoms. The molecule has 0 radical (unpaired) electrons. The lowest BCUT2D eigenvalue weighted by Crippen LogP contribution is -2.39. The molecule has 122 valence electrons. The standard InChI is InChI=1S/C17H31NO3/c1-2-3-4-5-6-7-10-16(19)18-13-8-9-15(14-18)11-12-17(20)21/h15H,2-14H2,1H3,(H,20,21). The molecule has 1 atom stereocenters. The number of piperidine rings is 1. The topological polar surface area (TPSA) is 57.6 Å². The smallest absolute Gasteiger partial charge is 0.303 e. The monoisotopic (exact) mass is 297 g/mol. The molecule has 21 heavy (non-hydrogen) atoms. The van der Waals surface area contributed by atoms with Crippen LogP contribution in [0.2, 0.25) is 0 Å². The Kier molecular flexibility index (Phi) is 9.11. The Balaban J connectivity index is 2.16. The number of carboxylic acids is 1. The zero-order chi connectivity index (χ0) is 15.5. The van der Waals surface area contributed by atoms with E-state index in [-0.39, 0.29) is 12.3 Å². The predicted molar refractivity (Wildman–Crippen MR) is 84.2 cm³/mol. The van der Waals surface area contributed by atoms with E-state index in [1.54, 1.807) is 0 Å². The quantitative estimate of drug-likeness (QED) is 0.623. The van der Waals surface area contributed by atoms with Gasteiger partial charge < -0.3 is 10.0 Å². The third-order valence-corrected chi connectivity index (χ3v) is 4.38. The number of hydrogen-bond acceptors (Lipinski definition) is 2. The normalized spacial score (nSPS) is 18.7. The summed E-state index contributed by atoms with van der Waals surface area (Å²) in [7, 11) is 0. The summed E-state index contributed by atoms with van der Waals surface area (Å²) >= 11 is 0. The molecule has 1 saturated heterocycles. The molecule has 1 unspecified atom stereocenters. The van der Waals surface area contributed by atoms with Gasteiger partial charge >= 0.3 is 5.97 Å². The summed E-state index contributed by atoms with van der Waals surface area (Å²) in [5.74, 6) is -0.0839. The lowest BCUT2D eigenvalue weighted by molar-refractivity contribution is -0.137. The van der Waals surface area contributed by atoms with Crippen LogP contribution in [0.1, 0.15) is 77.6 Å². The number of unbranched alkanes of at least 4 members (excludes halogenated alkanes) is 5. The van der Waals surface area contributed by atoms with Crippen molar-refractivity contribution in [3.05, 3.63) is 0 Å². The van der Waals surface area contributed by atoms with Crippen LogP contribution in [-0.2, 0) is 9.59 Å². The first-order valence-corrected chi connectivity index (χ1v) is 8.63. The van der Waals surface area contributed by atoms with Gasteiger partial charge in [-0.15, -0.1) is 0 Å². The van der Waals surface area contributed by atoms with E-state index < -0.39 is 5.97 Å².